The van der Waals surface area contributed by atoms with Crippen LogP contribution in [-0.4, -0.2) is 11.6 Å². The third-order valence-electron chi connectivity index (χ3n) is 7.28. The molecule has 0 radical (unpaired) electrons. The molecular formula is C28H26O2. The Kier molecular flexibility index (Phi) is 3.66. The van der Waals surface area contributed by atoms with Gasteiger partial charge in [-0.15, -0.1) is 0 Å². The van der Waals surface area contributed by atoms with E-state index in [0.29, 0.717) is 0 Å². The Balaban J connectivity index is 1.78. The van der Waals surface area contributed by atoms with Crippen LogP contribution in [0.2, 0.25) is 0 Å². The molecule has 150 valence electrons. The highest BCUT2D eigenvalue weighted by Crippen LogP contribution is 2.56. The van der Waals surface area contributed by atoms with Gasteiger partial charge in [-0.05, 0) is 76.6 Å². The standard InChI is InChI=1S/C28H26O2/c1-15(29)17-7-9-19-21-13-22-20-10-8-18(16(2)30)12-24(20)28(5,6)26(22)14-25(21)27(3,4)23(19)11-17/h7-14H,1-6H3. The highest BCUT2D eigenvalue weighted by Gasteiger charge is 2.41. The van der Waals surface area contributed by atoms with E-state index in [4.69, 9.17) is 0 Å². The molecule has 5 rings (SSSR count). The van der Waals surface area contributed by atoms with Gasteiger partial charge >= 0.3 is 0 Å². The summed E-state index contributed by atoms with van der Waals surface area (Å²) in [5.74, 6) is 0.201. The average molecular weight is 395 g/mol. The van der Waals surface area contributed by atoms with Crippen molar-refractivity contribution in [2.45, 2.75) is 52.4 Å². The third kappa shape index (κ3) is 2.31. The largest absolute Gasteiger partial charge is 0.295 e. The summed E-state index contributed by atoms with van der Waals surface area (Å²) in [6.07, 6.45) is 0. The van der Waals surface area contributed by atoms with Gasteiger partial charge in [-0.3, -0.25) is 9.59 Å². The molecule has 0 amide bonds. The molecule has 0 aromatic heterocycles. The number of carbonyl (C=O) groups excluding carboxylic acids is 2. The summed E-state index contributed by atoms with van der Waals surface area (Å²) < 4.78 is 0. The van der Waals surface area contributed by atoms with E-state index in [1.807, 2.05) is 12.1 Å². The lowest BCUT2D eigenvalue weighted by molar-refractivity contribution is 0.100. The number of rotatable bonds is 2. The summed E-state index contributed by atoms with van der Waals surface area (Å²) >= 11 is 0. The third-order valence-corrected chi connectivity index (χ3v) is 7.28. The molecular weight excluding hydrogens is 368 g/mol. The van der Waals surface area contributed by atoms with Crippen LogP contribution in [0.15, 0.2) is 48.5 Å². The molecule has 0 fully saturated rings. The van der Waals surface area contributed by atoms with E-state index in [2.05, 4.69) is 64.1 Å². The van der Waals surface area contributed by atoms with Crippen molar-refractivity contribution in [2.75, 3.05) is 0 Å². The maximum Gasteiger partial charge on any atom is 0.159 e. The van der Waals surface area contributed by atoms with Crippen LogP contribution in [0.4, 0.5) is 0 Å². The fraction of sp³-hybridized carbons (Fsp3) is 0.286. The van der Waals surface area contributed by atoms with Crippen LogP contribution in [0.3, 0.4) is 0 Å². The first kappa shape index (κ1) is 19.0. The Morgan fingerprint density at radius 1 is 0.533 bits per heavy atom. The average Bonchev–Trinajstić information content (AvgIpc) is 3.06. The lowest BCUT2D eigenvalue weighted by Crippen LogP contribution is -2.19. The van der Waals surface area contributed by atoms with E-state index in [0.717, 1.165) is 11.1 Å². The maximum atomic E-state index is 12.0. The molecule has 3 aromatic rings. The molecule has 30 heavy (non-hydrogen) atoms. The molecule has 0 unspecified atom stereocenters. The summed E-state index contributed by atoms with van der Waals surface area (Å²) in [6, 6.07) is 16.9. The van der Waals surface area contributed by atoms with Crippen molar-refractivity contribution in [2.24, 2.45) is 0 Å². The quantitative estimate of drug-likeness (QED) is 0.453. The molecule has 0 heterocycles. The molecule has 2 aliphatic rings. The first-order chi connectivity index (χ1) is 14.0. The number of fused-ring (bicyclic) bond motifs is 6. The van der Waals surface area contributed by atoms with E-state index in [1.54, 1.807) is 13.8 Å². The number of Topliss-reactive ketones (excluding diaryl/α,β-unsaturated/α-hetero) is 2. The van der Waals surface area contributed by atoms with Crippen LogP contribution in [-0.2, 0) is 10.8 Å². The minimum atomic E-state index is -0.166. The normalized spacial score (nSPS) is 16.5. The number of ketones is 2. The van der Waals surface area contributed by atoms with Crippen LogP contribution >= 0.6 is 0 Å². The first-order valence-electron chi connectivity index (χ1n) is 10.5. The van der Waals surface area contributed by atoms with Crippen LogP contribution in [0.5, 0.6) is 0 Å². The second-order valence-corrected chi connectivity index (χ2v) is 9.83. The molecule has 0 bridgehead atoms. The topological polar surface area (TPSA) is 34.1 Å². The van der Waals surface area contributed by atoms with E-state index < -0.39 is 0 Å². The second-order valence-electron chi connectivity index (χ2n) is 9.83. The van der Waals surface area contributed by atoms with Crippen LogP contribution in [0, 0.1) is 0 Å². The summed E-state index contributed by atoms with van der Waals surface area (Å²) in [5.41, 5.74) is 11.2. The van der Waals surface area contributed by atoms with Crippen molar-refractivity contribution in [1.82, 2.24) is 0 Å². The van der Waals surface area contributed by atoms with Gasteiger partial charge in [0.2, 0.25) is 0 Å². The van der Waals surface area contributed by atoms with E-state index >= 15 is 0 Å². The minimum Gasteiger partial charge on any atom is -0.295 e. The molecule has 0 spiro atoms. The second kappa shape index (κ2) is 5.78. The van der Waals surface area contributed by atoms with Crippen molar-refractivity contribution in [3.8, 4) is 22.3 Å². The van der Waals surface area contributed by atoms with E-state index in [1.165, 1.54) is 44.5 Å². The fourth-order valence-electron chi connectivity index (χ4n) is 5.40. The predicted octanol–water partition coefficient (Wildman–Crippen LogP) is 6.70. The highest BCUT2D eigenvalue weighted by molar-refractivity contribution is 5.98. The molecule has 2 heteroatoms. The van der Waals surface area contributed by atoms with Crippen molar-refractivity contribution >= 4 is 11.6 Å². The first-order valence-corrected chi connectivity index (χ1v) is 10.5. The van der Waals surface area contributed by atoms with Gasteiger partial charge in [-0.2, -0.15) is 0 Å². The van der Waals surface area contributed by atoms with Crippen molar-refractivity contribution in [3.63, 3.8) is 0 Å². The van der Waals surface area contributed by atoms with Crippen molar-refractivity contribution in [1.29, 1.82) is 0 Å². The Morgan fingerprint density at radius 3 is 1.27 bits per heavy atom. The summed E-state index contributed by atoms with van der Waals surface area (Å²) in [5, 5.41) is 0. The van der Waals surface area contributed by atoms with Gasteiger partial charge in [0.1, 0.15) is 0 Å². The Hall–Kier alpha value is -3.00. The van der Waals surface area contributed by atoms with Crippen LogP contribution < -0.4 is 0 Å². The molecule has 2 aliphatic carbocycles. The molecule has 2 nitrogen and oxygen atoms in total. The summed E-state index contributed by atoms with van der Waals surface area (Å²) in [7, 11) is 0. The van der Waals surface area contributed by atoms with Gasteiger partial charge < -0.3 is 0 Å². The van der Waals surface area contributed by atoms with E-state index in [9.17, 15) is 9.59 Å². The maximum absolute atomic E-state index is 12.0. The van der Waals surface area contributed by atoms with Gasteiger partial charge in [0.05, 0.1) is 0 Å². The van der Waals surface area contributed by atoms with Gasteiger partial charge in [-0.25, -0.2) is 0 Å². The Morgan fingerprint density at radius 2 is 0.900 bits per heavy atom. The number of hydrogen-bond donors (Lipinski definition) is 0. The number of carbonyl (C=O) groups is 2. The Bertz CT molecular complexity index is 1190. The minimum absolute atomic E-state index is 0.100. The monoisotopic (exact) mass is 394 g/mol. The van der Waals surface area contributed by atoms with Crippen molar-refractivity contribution < 1.29 is 9.59 Å². The van der Waals surface area contributed by atoms with E-state index in [-0.39, 0.29) is 22.4 Å². The molecule has 3 aromatic carbocycles. The zero-order valence-electron chi connectivity index (χ0n) is 18.4. The molecule has 0 aliphatic heterocycles. The smallest absolute Gasteiger partial charge is 0.159 e. The van der Waals surface area contributed by atoms with Crippen LogP contribution in [0.1, 0.15) is 84.5 Å². The number of hydrogen-bond acceptors (Lipinski definition) is 2. The molecule has 0 saturated heterocycles. The Labute approximate surface area is 178 Å². The lowest BCUT2D eigenvalue weighted by Gasteiger charge is -2.26. The zero-order valence-corrected chi connectivity index (χ0v) is 18.4. The van der Waals surface area contributed by atoms with Gasteiger partial charge in [0.25, 0.3) is 0 Å². The van der Waals surface area contributed by atoms with Crippen LogP contribution in [0.25, 0.3) is 22.3 Å². The fourth-order valence-corrected chi connectivity index (χ4v) is 5.40. The summed E-state index contributed by atoms with van der Waals surface area (Å²) in [4.78, 5) is 23.9. The van der Waals surface area contributed by atoms with Gasteiger partial charge in [-0.1, -0.05) is 58.0 Å². The van der Waals surface area contributed by atoms with Crippen molar-refractivity contribution in [3.05, 3.63) is 81.9 Å². The molecule has 0 N–H and O–H groups in total. The molecule has 0 saturated carbocycles. The predicted molar refractivity (Wildman–Crippen MR) is 122 cm³/mol. The lowest BCUT2D eigenvalue weighted by atomic mass is 9.77. The highest BCUT2D eigenvalue weighted by atomic mass is 16.1. The van der Waals surface area contributed by atoms with Gasteiger partial charge in [0, 0.05) is 22.0 Å². The van der Waals surface area contributed by atoms with Gasteiger partial charge in [0.15, 0.2) is 11.6 Å². The SMILES string of the molecule is CC(=O)c1ccc2c(c1)C(C)(C)c1cc3c(cc1-2)-c1ccc(C(C)=O)cc1C3(C)C. The summed E-state index contributed by atoms with van der Waals surface area (Å²) in [6.45, 7) is 12.2. The zero-order chi connectivity index (χ0) is 21.6. The molecule has 0 atom stereocenters. The number of benzene rings is 3.